The number of carbonyl (C=O) groups is 1. The van der Waals surface area contributed by atoms with E-state index < -0.39 is 0 Å². The molecule has 6 heteroatoms. The van der Waals surface area contributed by atoms with Gasteiger partial charge in [0.2, 0.25) is 0 Å². The summed E-state index contributed by atoms with van der Waals surface area (Å²) >= 11 is 1.69. The fraction of sp³-hybridized carbons (Fsp3) is 0.214. The molecule has 1 aliphatic rings. The molecule has 0 radical (unpaired) electrons. The number of carbonyl (C=O) groups excluding carboxylic acids is 1. The smallest absolute Gasteiger partial charge is 0.262 e. The van der Waals surface area contributed by atoms with Crippen LogP contribution in [0.4, 0.5) is 17.1 Å². The Kier molecular flexibility index (Phi) is 3.23. The highest BCUT2D eigenvalue weighted by atomic mass is 32.1. The van der Waals surface area contributed by atoms with Gasteiger partial charge < -0.3 is 21.1 Å². The third-order valence-electron chi connectivity index (χ3n) is 3.13. The molecule has 2 aromatic rings. The number of benzene rings is 1. The average Bonchev–Trinajstić information content (AvgIpc) is 2.94. The van der Waals surface area contributed by atoms with E-state index in [9.17, 15) is 4.79 Å². The molecule has 1 unspecified atom stereocenters. The normalized spacial score (nSPS) is 14.9. The van der Waals surface area contributed by atoms with Crippen LogP contribution < -0.4 is 21.1 Å². The third-order valence-corrected chi connectivity index (χ3v) is 4.18. The van der Waals surface area contributed by atoms with Crippen LogP contribution in [0.1, 0.15) is 17.8 Å². The van der Waals surface area contributed by atoms with Crippen molar-refractivity contribution in [3.8, 4) is 5.75 Å². The fourth-order valence-corrected chi connectivity index (χ4v) is 2.84. The number of nitrogen functional groups attached to an aromatic ring is 1. The van der Waals surface area contributed by atoms with Crippen molar-refractivity contribution in [2.24, 2.45) is 0 Å². The van der Waals surface area contributed by atoms with Crippen LogP contribution in [0.15, 0.2) is 29.6 Å². The molecule has 0 saturated carbocycles. The second kappa shape index (κ2) is 5.05. The van der Waals surface area contributed by atoms with Crippen molar-refractivity contribution in [3.05, 3.63) is 34.5 Å². The maximum absolute atomic E-state index is 11.3. The summed E-state index contributed by atoms with van der Waals surface area (Å²) < 4.78 is 5.33. The number of fused-ring (bicyclic) bond motifs is 1. The lowest BCUT2D eigenvalue weighted by Gasteiger charge is -2.22. The molecule has 0 spiro atoms. The molecular formula is C14H15N3O2S. The number of rotatable bonds is 3. The second-order valence-corrected chi connectivity index (χ2v) is 5.63. The van der Waals surface area contributed by atoms with E-state index in [0.29, 0.717) is 17.1 Å². The van der Waals surface area contributed by atoms with Gasteiger partial charge in [-0.3, -0.25) is 4.79 Å². The number of hydrogen-bond donors (Lipinski definition) is 3. The Balaban J connectivity index is 1.86. The number of anilines is 3. The van der Waals surface area contributed by atoms with Gasteiger partial charge in [-0.15, -0.1) is 11.3 Å². The molecule has 1 amide bonds. The van der Waals surface area contributed by atoms with Crippen molar-refractivity contribution in [1.82, 2.24) is 0 Å². The van der Waals surface area contributed by atoms with E-state index in [1.807, 2.05) is 17.5 Å². The zero-order valence-electron chi connectivity index (χ0n) is 11.0. The zero-order valence-corrected chi connectivity index (χ0v) is 11.8. The van der Waals surface area contributed by atoms with Crippen LogP contribution in [0.3, 0.4) is 0 Å². The van der Waals surface area contributed by atoms with Crippen LogP contribution in [0, 0.1) is 0 Å². The first-order valence-corrected chi connectivity index (χ1v) is 7.17. The highest BCUT2D eigenvalue weighted by Gasteiger charge is 2.18. The van der Waals surface area contributed by atoms with Crippen LogP contribution in [-0.2, 0) is 4.79 Å². The Labute approximate surface area is 120 Å². The summed E-state index contributed by atoms with van der Waals surface area (Å²) in [6.45, 7) is 2.10. The van der Waals surface area contributed by atoms with Crippen LogP contribution in [0.2, 0.25) is 0 Å². The van der Waals surface area contributed by atoms with Crippen molar-refractivity contribution in [3.63, 3.8) is 0 Å². The average molecular weight is 289 g/mol. The molecule has 1 aromatic heterocycles. The molecule has 0 saturated heterocycles. The van der Waals surface area contributed by atoms with Gasteiger partial charge in [-0.2, -0.15) is 0 Å². The van der Waals surface area contributed by atoms with Crippen molar-refractivity contribution < 1.29 is 9.53 Å². The molecule has 20 heavy (non-hydrogen) atoms. The summed E-state index contributed by atoms with van der Waals surface area (Å²) in [5.74, 6) is 0.455. The fourth-order valence-electron chi connectivity index (χ4n) is 2.11. The van der Waals surface area contributed by atoms with E-state index in [-0.39, 0.29) is 18.6 Å². The minimum atomic E-state index is -0.153. The molecule has 0 bridgehead atoms. The molecule has 104 valence electrons. The summed E-state index contributed by atoms with van der Waals surface area (Å²) in [4.78, 5) is 12.6. The Bertz CT molecular complexity index is 640. The van der Waals surface area contributed by atoms with E-state index in [4.69, 9.17) is 10.5 Å². The number of amides is 1. The summed E-state index contributed by atoms with van der Waals surface area (Å²) in [5.41, 5.74) is 8.07. The Hall–Kier alpha value is -2.21. The summed E-state index contributed by atoms with van der Waals surface area (Å²) in [5, 5.41) is 8.17. The number of nitrogens with two attached hydrogens (primary N) is 1. The van der Waals surface area contributed by atoms with E-state index in [1.54, 1.807) is 17.4 Å². The van der Waals surface area contributed by atoms with Gasteiger partial charge in [0.15, 0.2) is 6.61 Å². The van der Waals surface area contributed by atoms with Crippen LogP contribution in [0.25, 0.3) is 0 Å². The highest BCUT2D eigenvalue weighted by Crippen LogP contribution is 2.36. The van der Waals surface area contributed by atoms with E-state index in [2.05, 4.69) is 23.6 Å². The molecular weight excluding hydrogens is 274 g/mol. The quantitative estimate of drug-likeness (QED) is 0.759. The van der Waals surface area contributed by atoms with Gasteiger partial charge in [0.05, 0.1) is 23.1 Å². The van der Waals surface area contributed by atoms with Gasteiger partial charge in [0, 0.05) is 10.9 Å². The van der Waals surface area contributed by atoms with Gasteiger partial charge in [-0.25, -0.2) is 0 Å². The standard InChI is InChI=1S/C14H15N3O2S/c1-8(13-3-2-4-20-13)16-10-6-11-12(5-9(10)15)19-7-14(18)17-11/h2-6,8,16H,7,15H2,1H3,(H,17,18). The maximum atomic E-state index is 11.3. The van der Waals surface area contributed by atoms with Gasteiger partial charge in [0.1, 0.15) is 5.75 Å². The minimum absolute atomic E-state index is 0.0326. The van der Waals surface area contributed by atoms with Crippen molar-refractivity contribution >= 4 is 34.3 Å². The molecule has 0 aliphatic carbocycles. The lowest BCUT2D eigenvalue weighted by molar-refractivity contribution is -0.118. The SMILES string of the molecule is CC(Nc1cc2c(cc1N)OCC(=O)N2)c1cccs1. The van der Waals surface area contributed by atoms with E-state index >= 15 is 0 Å². The van der Waals surface area contributed by atoms with Crippen molar-refractivity contribution in [2.75, 3.05) is 23.0 Å². The Morgan fingerprint density at radius 3 is 3.10 bits per heavy atom. The van der Waals surface area contributed by atoms with Crippen LogP contribution in [0.5, 0.6) is 5.75 Å². The highest BCUT2D eigenvalue weighted by molar-refractivity contribution is 7.10. The molecule has 5 nitrogen and oxygen atoms in total. The van der Waals surface area contributed by atoms with Gasteiger partial charge in [0.25, 0.3) is 5.91 Å². The van der Waals surface area contributed by atoms with Crippen molar-refractivity contribution in [2.45, 2.75) is 13.0 Å². The first-order valence-electron chi connectivity index (χ1n) is 6.29. The van der Waals surface area contributed by atoms with Gasteiger partial charge in [-0.1, -0.05) is 6.07 Å². The largest absolute Gasteiger partial charge is 0.482 e. The zero-order chi connectivity index (χ0) is 14.1. The molecule has 0 fully saturated rings. The molecule has 1 aliphatic heterocycles. The summed E-state index contributed by atoms with van der Waals surface area (Å²) in [7, 11) is 0. The Morgan fingerprint density at radius 2 is 2.35 bits per heavy atom. The minimum Gasteiger partial charge on any atom is -0.482 e. The first kappa shape index (κ1) is 12.8. The third kappa shape index (κ3) is 2.42. The molecule has 4 N–H and O–H groups in total. The van der Waals surface area contributed by atoms with Crippen LogP contribution in [-0.4, -0.2) is 12.5 Å². The molecule has 2 heterocycles. The summed E-state index contributed by atoms with van der Waals surface area (Å²) in [6, 6.07) is 7.78. The first-order chi connectivity index (χ1) is 9.63. The number of nitrogens with one attached hydrogen (secondary N) is 2. The number of hydrogen-bond acceptors (Lipinski definition) is 5. The molecule has 3 rings (SSSR count). The number of ether oxygens (including phenoxy) is 1. The lowest BCUT2D eigenvalue weighted by atomic mass is 10.1. The predicted molar refractivity (Wildman–Crippen MR) is 81.3 cm³/mol. The molecule has 1 atom stereocenters. The van der Waals surface area contributed by atoms with Gasteiger partial charge in [-0.05, 0) is 24.4 Å². The molecule has 1 aromatic carbocycles. The topological polar surface area (TPSA) is 76.4 Å². The van der Waals surface area contributed by atoms with Gasteiger partial charge >= 0.3 is 0 Å². The maximum Gasteiger partial charge on any atom is 0.262 e. The Morgan fingerprint density at radius 1 is 1.50 bits per heavy atom. The van der Waals surface area contributed by atoms with E-state index in [0.717, 1.165) is 5.69 Å². The predicted octanol–water partition coefficient (Wildman–Crippen LogP) is 2.83. The van der Waals surface area contributed by atoms with Crippen LogP contribution >= 0.6 is 11.3 Å². The lowest BCUT2D eigenvalue weighted by Crippen LogP contribution is -2.25. The second-order valence-electron chi connectivity index (χ2n) is 4.65. The monoisotopic (exact) mass is 289 g/mol. The summed E-state index contributed by atoms with van der Waals surface area (Å²) in [6.07, 6.45) is 0. The number of thiophene rings is 1. The van der Waals surface area contributed by atoms with E-state index in [1.165, 1.54) is 4.88 Å². The van der Waals surface area contributed by atoms with Crippen molar-refractivity contribution in [1.29, 1.82) is 0 Å².